The van der Waals surface area contributed by atoms with Gasteiger partial charge in [-0.3, -0.25) is 0 Å². The van der Waals surface area contributed by atoms with Gasteiger partial charge in [0.05, 0.1) is 18.0 Å². The summed E-state index contributed by atoms with van der Waals surface area (Å²) in [6, 6.07) is 2.25. The first-order chi connectivity index (χ1) is 8.69. The smallest absolute Gasteiger partial charge is 0.223 e. The molecule has 2 aromatic heterocycles. The number of nitrogens with two attached hydrogens (primary N) is 1. The quantitative estimate of drug-likeness (QED) is 0.860. The van der Waals surface area contributed by atoms with Crippen molar-refractivity contribution in [3.05, 3.63) is 10.9 Å². The Labute approximate surface area is 109 Å². The molecule has 1 atom stereocenters. The summed E-state index contributed by atoms with van der Waals surface area (Å²) in [4.78, 5) is 12.9. The number of hydrogen-bond acceptors (Lipinski definition) is 6. The van der Waals surface area contributed by atoms with Gasteiger partial charge in [-0.1, -0.05) is 0 Å². The van der Waals surface area contributed by atoms with Crippen molar-refractivity contribution in [2.24, 2.45) is 0 Å². The van der Waals surface area contributed by atoms with Gasteiger partial charge < -0.3 is 15.7 Å². The van der Waals surface area contributed by atoms with Crippen LogP contribution in [0.3, 0.4) is 0 Å². The Morgan fingerprint density at radius 3 is 3.17 bits per heavy atom. The second-order valence-electron chi connectivity index (χ2n) is 4.65. The van der Waals surface area contributed by atoms with Gasteiger partial charge in [-0.25, -0.2) is 4.98 Å². The Balaban J connectivity index is 2.15. The first-order valence-electron chi connectivity index (χ1n) is 6.10. The number of aromatic nitrogens is 2. The molecule has 1 saturated heterocycles. The molecule has 1 aliphatic rings. The summed E-state index contributed by atoms with van der Waals surface area (Å²) in [6.45, 7) is 3.14. The lowest BCUT2D eigenvalue weighted by molar-refractivity contribution is 0.266. The highest BCUT2D eigenvalue weighted by Crippen LogP contribution is 2.34. The minimum absolute atomic E-state index is 0.155. The van der Waals surface area contributed by atoms with Gasteiger partial charge in [-0.15, -0.1) is 11.3 Å². The van der Waals surface area contributed by atoms with E-state index in [2.05, 4.69) is 27.9 Å². The van der Waals surface area contributed by atoms with Crippen molar-refractivity contribution in [3.63, 3.8) is 0 Å². The Kier molecular flexibility index (Phi) is 2.83. The van der Waals surface area contributed by atoms with E-state index in [0.29, 0.717) is 5.95 Å². The average molecular weight is 264 g/mol. The molecule has 1 unspecified atom stereocenters. The van der Waals surface area contributed by atoms with E-state index in [1.165, 1.54) is 4.88 Å². The molecule has 0 spiro atoms. The molecule has 0 aromatic carbocycles. The number of aryl methyl sites for hydroxylation is 1. The Bertz CT molecular complexity index is 583. The van der Waals surface area contributed by atoms with Crippen LogP contribution in [0, 0.1) is 6.92 Å². The van der Waals surface area contributed by atoms with Crippen LogP contribution in [0.4, 0.5) is 11.8 Å². The maximum absolute atomic E-state index is 9.43. The lowest BCUT2D eigenvalue weighted by atomic mass is 10.2. The number of thiophene rings is 1. The molecule has 96 valence electrons. The summed E-state index contributed by atoms with van der Waals surface area (Å²) < 4.78 is 0. The monoisotopic (exact) mass is 264 g/mol. The number of anilines is 2. The van der Waals surface area contributed by atoms with Crippen LogP contribution in [0.1, 0.15) is 17.7 Å². The molecule has 3 rings (SSSR count). The van der Waals surface area contributed by atoms with Crippen molar-refractivity contribution in [2.45, 2.75) is 25.8 Å². The number of nitrogens with zero attached hydrogens (tertiary/aromatic N) is 3. The van der Waals surface area contributed by atoms with Gasteiger partial charge in [0.2, 0.25) is 5.95 Å². The van der Waals surface area contributed by atoms with Crippen molar-refractivity contribution < 1.29 is 5.11 Å². The zero-order valence-electron chi connectivity index (χ0n) is 10.3. The van der Waals surface area contributed by atoms with Gasteiger partial charge in [0, 0.05) is 11.4 Å². The van der Waals surface area contributed by atoms with Gasteiger partial charge in [-0.05, 0) is 25.8 Å². The standard InChI is InChI=1S/C12H16N4OS/c1-7-5-9-10(14-12(13)15-11(9)18-7)16-4-2-3-8(16)6-17/h5,8,17H,2-4,6H2,1H3,(H2,13,14,15). The number of hydrogen-bond donors (Lipinski definition) is 2. The molecule has 18 heavy (non-hydrogen) atoms. The second kappa shape index (κ2) is 4.37. The van der Waals surface area contributed by atoms with Crippen LogP contribution in [0.5, 0.6) is 0 Å². The number of aliphatic hydroxyl groups is 1. The lowest BCUT2D eigenvalue weighted by Gasteiger charge is -2.24. The number of nitrogen functional groups attached to an aromatic ring is 1. The van der Waals surface area contributed by atoms with E-state index in [9.17, 15) is 5.11 Å². The fourth-order valence-corrected chi connectivity index (χ4v) is 3.45. The van der Waals surface area contributed by atoms with Crippen LogP contribution >= 0.6 is 11.3 Å². The van der Waals surface area contributed by atoms with E-state index < -0.39 is 0 Å². The van der Waals surface area contributed by atoms with E-state index in [4.69, 9.17) is 5.73 Å². The van der Waals surface area contributed by atoms with Crippen molar-refractivity contribution in [3.8, 4) is 0 Å². The minimum Gasteiger partial charge on any atom is -0.394 e. The molecule has 3 N–H and O–H groups in total. The predicted octanol–water partition coefficient (Wildman–Crippen LogP) is 1.54. The van der Waals surface area contributed by atoms with Crippen LogP contribution < -0.4 is 10.6 Å². The van der Waals surface area contributed by atoms with E-state index in [1.54, 1.807) is 11.3 Å². The molecule has 3 heterocycles. The third-order valence-corrected chi connectivity index (χ3v) is 4.32. The van der Waals surface area contributed by atoms with E-state index in [-0.39, 0.29) is 12.6 Å². The highest BCUT2D eigenvalue weighted by Gasteiger charge is 2.27. The van der Waals surface area contributed by atoms with Crippen molar-refractivity contribution in [1.82, 2.24) is 9.97 Å². The van der Waals surface area contributed by atoms with Gasteiger partial charge in [-0.2, -0.15) is 4.98 Å². The molecular weight excluding hydrogens is 248 g/mol. The highest BCUT2D eigenvalue weighted by atomic mass is 32.1. The van der Waals surface area contributed by atoms with Crippen molar-refractivity contribution >= 4 is 33.3 Å². The zero-order chi connectivity index (χ0) is 12.7. The molecule has 0 aliphatic carbocycles. The van der Waals surface area contributed by atoms with Gasteiger partial charge in [0.15, 0.2) is 0 Å². The van der Waals surface area contributed by atoms with Crippen molar-refractivity contribution in [1.29, 1.82) is 0 Å². The molecule has 0 saturated carbocycles. The van der Waals surface area contributed by atoms with Crippen LogP contribution in [-0.2, 0) is 0 Å². The van der Waals surface area contributed by atoms with Crippen LogP contribution in [0.15, 0.2) is 6.07 Å². The molecule has 1 aliphatic heterocycles. The number of aliphatic hydroxyl groups excluding tert-OH is 1. The lowest BCUT2D eigenvalue weighted by Crippen LogP contribution is -2.33. The molecule has 0 radical (unpaired) electrons. The SMILES string of the molecule is Cc1cc2c(N3CCCC3CO)nc(N)nc2s1. The second-order valence-corrected chi connectivity index (χ2v) is 5.89. The minimum atomic E-state index is 0.155. The molecule has 6 heteroatoms. The molecule has 1 fully saturated rings. The number of rotatable bonds is 2. The maximum Gasteiger partial charge on any atom is 0.223 e. The molecular formula is C12H16N4OS. The fraction of sp³-hybridized carbons (Fsp3) is 0.500. The summed E-state index contributed by atoms with van der Waals surface area (Å²) in [7, 11) is 0. The predicted molar refractivity (Wildman–Crippen MR) is 74.0 cm³/mol. The van der Waals surface area contributed by atoms with E-state index >= 15 is 0 Å². The third kappa shape index (κ3) is 1.81. The van der Waals surface area contributed by atoms with E-state index in [1.807, 2.05) is 0 Å². The zero-order valence-corrected chi connectivity index (χ0v) is 11.1. The Hall–Kier alpha value is -1.40. The van der Waals surface area contributed by atoms with E-state index in [0.717, 1.165) is 35.4 Å². The van der Waals surface area contributed by atoms with Crippen LogP contribution in [-0.4, -0.2) is 34.3 Å². The Morgan fingerprint density at radius 1 is 1.56 bits per heavy atom. The molecule has 0 bridgehead atoms. The van der Waals surface area contributed by atoms with Crippen molar-refractivity contribution in [2.75, 3.05) is 23.8 Å². The first kappa shape index (κ1) is 11.7. The van der Waals surface area contributed by atoms with Gasteiger partial charge in [0.25, 0.3) is 0 Å². The van der Waals surface area contributed by atoms with Gasteiger partial charge >= 0.3 is 0 Å². The normalized spacial score (nSPS) is 19.9. The third-order valence-electron chi connectivity index (χ3n) is 3.37. The largest absolute Gasteiger partial charge is 0.394 e. The summed E-state index contributed by atoms with van der Waals surface area (Å²) in [6.07, 6.45) is 2.09. The van der Waals surface area contributed by atoms with Gasteiger partial charge in [0.1, 0.15) is 10.6 Å². The molecule has 2 aromatic rings. The topological polar surface area (TPSA) is 75.3 Å². The molecule has 0 amide bonds. The number of fused-ring (bicyclic) bond motifs is 1. The summed E-state index contributed by atoms with van der Waals surface area (Å²) in [5, 5.41) is 10.5. The van der Waals surface area contributed by atoms with Crippen LogP contribution in [0.2, 0.25) is 0 Å². The molecule has 5 nitrogen and oxygen atoms in total. The van der Waals surface area contributed by atoms with Crippen LogP contribution in [0.25, 0.3) is 10.2 Å². The highest BCUT2D eigenvalue weighted by molar-refractivity contribution is 7.18. The summed E-state index contributed by atoms with van der Waals surface area (Å²) in [5.74, 6) is 1.18. The first-order valence-corrected chi connectivity index (χ1v) is 6.92. The average Bonchev–Trinajstić information content (AvgIpc) is 2.92. The fourth-order valence-electron chi connectivity index (χ4n) is 2.57. The maximum atomic E-state index is 9.43. The Morgan fingerprint density at radius 2 is 2.39 bits per heavy atom. The summed E-state index contributed by atoms with van der Waals surface area (Å²) in [5.41, 5.74) is 5.78. The summed E-state index contributed by atoms with van der Waals surface area (Å²) >= 11 is 1.63.